The SMILES string of the molecule is COc1ccc2c3c1O[C@H]1C4(CCC5(O)[C@@H](C2)N(C)CC[C@]315)OCCCO4. The predicted molar refractivity (Wildman–Crippen MR) is 97.3 cm³/mol. The molecule has 5 aliphatic rings. The first kappa shape index (κ1) is 16.6. The van der Waals surface area contributed by atoms with Gasteiger partial charge in [0.25, 0.3) is 0 Å². The molecule has 2 saturated heterocycles. The van der Waals surface area contributed by atoms with Gasteiger partial charge in [0, 0.05) is 18.0 Å². The molecule has 27 heavy (non-hydrogen) atoms. The van der Waals surface area contributed by atoms with Crippen LogP contribution in [0.1, 0.15) is 36.8 Å². The van der Waals surface area contributed by atoms with Gasteiger partial charge in [-0.15, -0.1) is 0 Å². The summed E-state index contributed by atoms with van der Waals surface area (Å²) < 4.78 is 24.8. The van der Waals surface area contributed by atoms with E-state index in [9.17, 15) is 5.11 Å². The van der Waals surface area contributed by atoms with Crippen LogP contribution in [0, 0.1) is 0 Å². The third-order valence-corrected chi connectivity index (χ3v) is 7.92. The number of ether oxygens (including phenoxy) is 4. The highest BCUT2D eigenvalue weighted by Gasteiger charge is 2.76. The average Bonchev–Trinajstić information content (AvgIpc) is 3.05. The number of piperidine rings is 1. The Bertz CT molecular complexity index is 806. The first-order valence-electron chi connectivity index (χ1n) is 10.1. The molecular weight excluding hydrogens is 346 g/mol. The molecule has 3 heterocycles. The molecule has 1 unspecified atom stereocenters. The number of rotatable bonds is 1. The second-order valence-corrected chi connectivity index (χ2v) is 8.84. The van der Waals surface area contributed by atoms with Crippen molar-refractivity contribution >= 4 is 0 Å². The van der Waals surface area contributed by atoms with Gasteiger partial charge in [-0.2, -0.15) is 0 Å². The number of likely N-dealkylation sites (tertiary alicyclic amines) is 1. The highest BCUT2D eigenvalue weighted by molar-refractivity contribution is 5.63. The number of nitrogens with zero attached hydrogens (tertiary/aromatic N) is 1. The number of aliphatic hydroxyl groups is 1. The lowest BCUT2D eigenvalue weighted by molar-refractivity contribution is -0.350. The molecule has 0 aromatic heterocycles. The normalized spacial score (nSPS) is 41.1. The lowest BCUT2D eigenvalue weighted by Crippen LogP contribution is -2.79. The molecule has 0 radical (unpaired) electrons. The monoisotopic (exact) mass is 373 g/mol. The van der Waals surface area contributed by atoms with E-state index in [1.165, 1.54) is 5.56 Å². The minimum Gasteiger partial charge on any atom is -0.493 e. The fourth-order valence-electron chi connectivity index (χ4n) is 6.75. The summed E-state index contributed by atoms with van der Waals surface area (Å²) in [5, 5.41) is 12.2. The topological polar surface area (TPSA) is 60.4 Å². The van der Waals surface area contributed by atoms with Gasteiger partial charge < -0.3 is 29.0 Å². The van der Waals surface area contributed by atoms with Gasteiger partial charge in [0.05, 0.1) is 31.3 Å². The number of fused-ring (bicyclic) bond motifs is 1. The Morgan fingerprint density at radius 2 is 2.00 bits per heavy atom. The third-order valence-electron chi connectivity index (χ3n) is 7.92. The molecule has 1 aromatic carbocycles. The Hall–Kier alpha value is -1.34. The molecular formula is C21H27NO5. The first-order chi connectivity index (χ1) is 13.1. The Morgan fingerprint density at radius 1 is 1.19 bits per heavy atom. The molecule has 0 amide bonds. The number of hydrogen-bond donors (Lipinski definition) is 1. The smallest absolute Gasteiger partial charge is 0.206 e. The summed E-state index contributed by atoms with van der Waals surface area (Å²) in [6, 6.07) is 4.24. The molecule has 6 heteroatoms. The minimum absolute atomic E-state index is 0.0881. The summed E-state index contributed by atoms with van der Waals surface area (Å²) in [5.41, 5.74) is 1.07. The van der Waals surface area contributed by atoms with Crippen LogP contribution in [-0.2, 0) is 21.3 Å². The molecule has 3 fully saturated rings. The van der Waals surface area contributed by atoms with Gasteiger partial charge in [-0.05, 0) is 50.9 Å². The van der Waals surface area contributed by atoms with Crippen molar-refractivity contribution in [1.82, 2.24) is 4.90 Å². The fourth-order valence-corrected chi connectivity index (χ4v) is 6.75. The lowest BCUT2D eigenvalue weighted by atomic mass is 9.48. The zero-order chi connectivity index (χ0) is 18.4. The van der Waals surface area contributed by atoms with Crippen molar-refractivity contribution in [2.24, 2.45) is 0 Å². The maximum Gasteiger partial charge on any atom is 0.206 e. The molecule has 6 nitrogen and oxygen atoms in total. The van der Waals surface area contributed by atoms with Gasteiger partial charge in [0.15, 0.2) is 17.6 Å². The van der Waals surface area contributed by atoms with Gasteiger partial charge in [-0.3, -0.25) is 0 Å². The fraction of sp³-hybridized carbons (Fsp3) is 0.714. The van der Waals surface area contributed by atoms with E-state index in [2.05, 4.69) is 18.0 Å². The van der Waals surface area contributed by atoms with Gasteiger partial charge in [-0.25, -0.2) is 0 Å². The van der Waals surface area contributed by atoms with Crippen molar-refractivity contribution in [2.75, 3.05) is 33.9 Å². The Labute approximate surface area is 159 Å². The Kier molecular flexibility index (Phi) is 3.18. The molecule has 146 valence electrons. The van der Waals surface area contributed by atoms with E-state index in [0.29, 0.717) is 26.1 Å². The molecule has 1 aromatic rings. The van der Waals surface area contributed by atoms with Gasteiger partial charge >= 0.3 is 0 Å². The molecule has 6 rings (SSSR count). The maximum atomic E-state index is 12.2. The average molecular weight is 373 g/mol. The van der Waals surface area contributed by atoms with Crippen LogP contribution in [0.3, 0.4) is 0 Å². The van der Waals surface area contributed by atoms with E-state index in [4.69, 9.17) is 18.9 Å². The largest absolute Gasteiger partial charge is 0.493 e. The molecule has 4 atom stereocenters. The summed E-state index contributed by atoms with van der Waals surface area (Å²) in [6.45, 7) is 2.29. The van der Waals surface area contributed by atoms with E-state index in [0.717, 1.165) is 42.9 Å². The number of methoxy groups -OCH3 is 1. The van der Waals surface area contributed by atoms with Crippen LogP contribution in [0.15, 0.2) is 12.1 Å². The predicted octanol–water partition coefficient (Wildman–Crippen LogP) is 1.61. The van der Waals surface area contributed by atoms with Crippen LogP contribution in [-0.4, -0.2) is 67.5 Å². The highest BCUT2D eigenvalue weighted by atomic mass is 16.7. The van der Waals surface area contributed by atoms with Crippen molar-refractivity contribution in [3.05, 3.63) is 23.3 Å². The van der Waals surface area contributed by atoms with Crippen molar-refractivity contribution in [3.63, 3.8) is 0 Å². The molecule has 1 N–H and O–H groups in total. The van der Waals surface area contributed by atoms with E-state index < -0.39 is 16.8 Å². The van der Waals surface area contributed by atoms with Crippen molar-refractivity contribution < 1.29 is 24.1 Å². The number of likely N-dealkylation sites (N-methyl/N-ethyl adjacent to an activating group) is 1. The molecule has 2 bridgehead atoms. The summed E-state index contributed by atoms with van der Waals surface area (Å²) in [6.07, 6.45) is 3.56. The van der Waals surface area contributed by atoms with Crippen LogP contribution >= 0.6 is 0 Å². The van der Waals surface area contributed by atoms with Gasteiger partial charge in [0.2, 0.25) is 5.79 Å². The second kappa shape index (κ2) is 5.17. The van der Waals surface area contributed by atoms with Crippen LogP contribution in [0.25, 0.3) is 0 Å². The first-order valence-corrected chi connectivity index (χ1v) is 10.1. The zero-order valence-corrected chi connectivity index (χ0v) is 16.0. The van der Waals surface area contributed by atoms with E-state index >= 15 is 0 Å². The van der Waals surface area contributed by atoms with E-state index in [-0.39, 0.29) is 12.1 Å². The quantitative estimate of drug-likeness (QED) is 0.807. The van der Waals surface area contributed by atoms with Crippen molar-refractivity contribution in [2.45, 2.75) is 61.1 Å². The van der Waals surface area contributed by atoms with Crippen LogP contribution in [0.2, 0.25) is 0 Å². The van der Waals surface area contributed by atoms with Crippen LogP contribution in [0.5, 0.6) is 11.5 Å². The molecule has 1 saturated carbocycles. The highest BCUT2D eigenvalue weighted by Crippen LogP contribution is 2.67. The summed E-state index contributed by atoms with van der Waals surface area (Å²) in [4.78, 5) is 2.33. The minimum atomic E-state index is -0.843. The van der Waals surface area contributed by atoms with E-state index in [1.807, 2.05) is 6.07 Å². The number of hydrogen-bond acceptors (Lipinski definition) is 6. The maximum absolute atomic E-state index is 12.2. The van der Waals surface area contributed by atoms with E-state index in [1.54, 1.807) is 7.11 Å². The number of benzene rings is 1. The third kappa shape index (κ3) is 1.73. The van der Waals surface area contributed by atoms with Crippen LogP contribution < -0.4 is 9.47 Å². The summed E-state index contributed by atoms with van der Waals surface area (Å²) in [7, 11) is 3.81. The van der Waals surface area contributed by atoms with Gasteiger partial charge in [-0.1, -0.05) is 6.07 Å². The van der Waals surface area contributed by atoms with Crippen molar-refractivity contribution in [3.8, 4) is 11.5 Å². The van der Waals surface area contributed by atoms with Gasteiger partial charge in [0.1, 0.15) is 0 Å². The second-order valence-electron chi connectivity index (χ2n) is 8.84. The Balaban J connectivity index is 1.63. The zero-order valence-electron chi connectivity index (χ0n) is 16.0. The van der Waals surface area contributed by atoms with Crippen molar-refractivity contribution in [1.29, 1.82) is 0 Å². The summed E-state index contributed by atoms with van der Waals surface area (Å²) >= 11 is 0. The Morgan fingerprint density at radius 3 is 2.78 bits per heavy atom. The van der Waals surface area contributed by atoms with Crippen LogP contribution in [0.4, 0.5) is 0 Å². The summed E-state index contributed by atoms with van der Waals surface area (Å²) in [5.74, 6) is 0.757. The molecule has 2 spiro atoms. The molecule has 3 aliphatic heterocycles. The molecule has 2 aliphatic carbocycles. The standard InChI is InChI=1S/C21H27NO5/c1-22-9-8-19-16-13-4-5-14(24-2)17(16)27-18(19)21(25-10-3-11-26-21)7-6-20(19,23)15(22)12-13/h4-5,15,18,23H,3,6-12H2,1-2H3/t15-,18-,19+,20?/m1/s1. The lowest BCUT2D eigenvalue weighted by Gasteiger charge is -2.65.